The molecule has 3 amide bonds. The number of benzene rings is 1. The van der Waals surface area contributed by atoms with Crippen molar-refractivity contribution < 1.29 is 14.4 Å². The van der Waals surface area contributed by atoms with Gasteiger partial charge in [-0.2, -0.15) is 0 Å². The number of amides is 3. The van der Waals surface area contributed by atoms with Crippen molar-refractivity contribution in [2.24, 2.45) is 5.73 Å². The van der Waals surface area contributed by atoms with Crippen molar-refractivity contribution in [1.29, 1.82) is 0 Å². The average molecular weight is 338 g/mol. The van der Waals surface area contributed by atoms with E-state index in [1.54, 1.807) is 6.92 Å². The van der Waals surface area contributed by atoms with E-state index in [2.05, 4.69) is 16.2 Å². The highest BCUT2D eigenvalue weighted by Crippen LogP contribution is 2.15. The molecule has 0 aliphatic rings. The number of hydrogen-bond acceptors (Lipinski definition) is 5. The van der Waals surface area contributed by atoms with Crippen LogP contribution in [0.3, 0.4) is 0 Å². The Morgan fingerprint density at radius 1 is 1.17 bits per heavy atom. The smallest absolute Gasteiger partial charge is 0.298 e. The highest BCUT2D eigenvalue weighted by atomic mass is 32.2. The second-order valence-corrected chi connectivity index (χ2v) is 5.94. The number of carbonyl (C=O) groups is 3. The van der Waals surface area contributed by atoms with Gasteiger partial charge >= 0.3 is 0 Å². The normalized spacial score (nSPS) is 11.4. The number of anilines is 1. The molecular formula is C15H22N4O3S. The van der Waals surface area contributed by atoms with Gasteiger partial charge in [-0.05, 0) is 25.0 Å². The number of rotatable bonds is 6. The van der Waals surface area contributed by atoms with Crippen LogP contribution in [0.4, 0.5) is 10.5 Å². The van der Waals surface area contributed by atoms with Crippen LogP contribution in [0.1, 0.15) is 25.8 Å². The van der Waals surface area contributed by atoms with Gasteiger partial charge in [-0.25, -0.2) is 0 Å². The molecule has 0 aromatic heterocycles. The second kappa shape index (κ2) is 9.86. The molecule has 0 fully saturated rings. The Morgan fingerprint density at radius 3 is 2.52 bits per heavy atom. The molecule has 0 bridgehead atoms. The summed E-state index contributed by atoms with van der Waals surface area (Å²) in [5, 5.41) is 2.25. The molecule has 0 aliphatic heterocycles. The number of para-hydroxylation sites is 1. The van der Waals surface area contributed by atoms with Gasteiger partial charge in [-0.3, -0.25) is 25.2 Å². The molecule has 1 atom stereocenters. The molecule has 126 valence electrons. The summed E-state index contributed by atoms with van der Waals surface area (Å²) in [7, 11) is 0. The third-order valence-corrected chi connectivity index (χ3v) is 3.59. The monoisotopic (exact) mass is 338 g/mol. The summed E-state index contributed by atoms with van der Waals surface area (Å²) in [6.45, 7) is 3.69. The number of nitrogens with one attached hydrogen (secondary N) is 3. The van der Waals surface area contributed by atoms with Crippen LogP contribution in [0.25, 0.3) is 0 Å². The zero-order chi connectivity index (χ0) is 17.2. The zero-order valence-corrected chi connectivity index (χ0v) is 14.0. The van der Waals surface area contributed by atoms with Gasteiger partial charge in [0.1, 0.15) is 0 Å². The van der Waals surface area contributed by atoms with Crippen LogP contribution in [0.2, 0.25) is 0 Å². The molecule has 23 heavy (non-hydrogen) atoms. The van der Waals surface area contributed by atoms with Crippen LogP contribution in [0, 0.1) is 0 Å². The summed E-state index contributed by atoms with van der Waals surface area (Å²) in [6, 6.07) is 7.20. The van der Waals surface area contributed by atoms with E-state index in [-0.39, 0.29) is 30.0 Å². The van der Waals surface area contributed by atoms with Crippen LogP contribution in [-0.4, -0.2) is 28.8 Å². The minimum absolute atomic E-state index is 0.0486. The molecule has 8 heteroatoms. The molecule has 1 aromatic carbocycles. The number of aryl methyl sites for hydroxylation is 1. The van der Waals surface area contributed by atoms with Crippen molar-refractivity contribution in [3.63, 3.8) is 0 Å². The Kier molecular flexibility index (Phi) is 8.14. The third kappa shape index (κ3) is 7.66. The van der Waals surface area contributed by atoms with Crippen LogP contribution in [0.5, 0.6) is 0 Å². The Morgan fingerprint density at radius 2 is 1.87 bits per heavy atom. The molecule has 0 unspecified atom stereocenters. The SMILES string of the molecule is CCc1ccccc1NC(=O)CSC(=O)NNC(=O)C[C@H](C)N. The number of nitrogens with two attached hydrogens (primary N) is 1. The van der Waals surface area contributed by atoms with Crippen molar-refractivity contribution in [3.05, 3.63) is 29.8 Å². The van der Waals surface area contributed by atoms with Gasteiger partial charge in [0.25, 0.3) is 5.24 Å². The lowest BCUT2D eigenvalue weighted by Gasteiger charge is -2.10. The minimum atomic E-state index is -0.512. The molecule has 0 aliphatic carbocycles. The lowest BCUT2D eigenvalue weighted by molar-refractivity contribution is -0.122. The fourth-order valence-corrected chi connectivity index (χ4v) is 2.23. The van der Waals surface area contributed by atoms with Crippen molar-refractivity contribution in [2.45, 2.75) is 32.7 Å². The predicted molar refractivity (Wildman–Crippen MR) is 91.8 cm³/mol. The van der Waals surface area contributed by atoms with E-state index in [1.807, 2.05) is 31.2 Å². The van der Waals surface area contributed by atoms with Gasteiger partial charge in [0.15, 0.2) is 0 Å². The number of carbonyl (C=O) groups excluding carboxylic acids is 3. The zero-order valence-electron chi connectivity index (χ0n) is 13.2. The lowest BCUT2D eigenvalue weighted by atomic mass is 10.1. The van der Waals surface area contributed by atoms with Crippen LogP contribution < -0.4 is 21.9 Å². The molecular weight excluding hydrogens is 316 g/mol. The standard InChI is InChI=1S/C15H22N4O3S/c1-3-11-6-4-5-7-12(11)17-14(21)9-23-15(22)19-18-13(20)8-10(2)16/h4-7,10H,3,8-9,16H2,1-2H3,(H,17,21)(H,18,20)(H,19,22)/t10-/m0/s1. The van der Waals surface area contributed by atoms with E-state index in [4.69, 9.17) is 5.73 Å². The maximum Gasteiger partial charge on any atom is 0.298 e. The lowest BCUT2D eigenvalue weighted by Crippen LogP contribution is -2.42. The average Bonchev–Trinajstić information content (AvgIpc) is 2.51. The van der Waals surface area contributed by atoms with E-state index in [0.717, 1.165) is 29.4 Å². The molecule has 5 N–H and O–H groups in total. The maximum absolute atomic E-state index is 11.9. The summed E-state index contributed by atoms with van der Waals surface area (Å²) in [5.74, 6) is -0.712. The Labute approximate surface area is 139 Å². The van der Waals surface area contributed by atoms with E-state index >= 15 is 0 Å². The molecule has 1 rings (SSSR count). The molecule has 0 spiro atoms. The molecule has 0 saturated carbocycles. The Hall–Kier alpha value is -2.06. The van der Waals surface area contributed by atoms with E-state index in [0.29, 0.717) is 0 Å². The van der Waals surface area contributed by atoms with Gasteiger partial charge in [0, 0.05) is 18.2 Å². The second-order valence-electron chi connectivity index (χ2n) is 4.99. The molecule has 0 radical (unpaired) electrons. The highest BCUT2D eigenvalue weighted by Gasteiger charge is 2.11. The van der Waals surface area contributed by atoms with Crippen molar-refractivity contribution in [3.8, 4) is 0 Å². The van der Waals surface area contributed by atoms with E-state index < -0.39 is 5.24 Å². The van der Waals surface area contributed by atoms with Crippen molar-refractivity contribution in [1.82, 2.24) is 10.9 Å². The fourth-order valence-electron chi connectivity index (χ4n) is 1.77. The summed E-state index contributed by atoms with van der Waals surface area (Å²) in [4.78, 5) is 34.7. The Balaban J connectivity index is 2.33. The first-order valence-electron chi connectivity index (χ1n) is 7.27. The third-order valence-electron chi connectivity index (χ3n) is 2.82. The molecule has 7 nitrogen and oxygen atoms in total. The van der Waals surface area contributed by atoms with Crippen LogP contribution in [-0.2, 0) is 16.0 Å². The molecule has 0 saturated heterocycles. The van der Waals surface area contributed by atoms with Gasteiger partial charge in [0.05, 0.1) is 5.75 Å². The van der Waals surface area contributed by atoms with Gasteiger partial charge in [-0.1, -0.05) is 36.9 Å². The van der Waals surface area contributed by atoms with Crippen molar-refractivity contribution in [2.75, 3.05) is 11.1 Å². The fraction of sp³-hybridized carbons (Fsp3) is 0.400. The highest BCUT2D eigenvalue weighted by molar-refractivity contribution is 8.14. The topological polar surface area (TPSA) is 113 Å². The summed E-state index contributed by atoms with van der Waals surface area (Å²) in [5.41, 5.74) is 11.7. The summed E-state index contributed by atoms with van der Waals surface area (Å²) < 4.78 is 0. The van der Waals surface area contributed by atoms with E-state index in [1.165, 1.54) is 0 Å². The largest absolute Gasteiger partial charge is 0.327 e. The van der Waals surface area contributed by atoms with Gasteiger partial charge in [-0.15, -0.1) is 0 Å². The van der Waals surface area contributed by atoms with Gasteiger partial charge in [0.2, 0.25) is 11.8 Å². The first-order valence-corrected chi connectivity index (χ1v) is 8.25. The summed E-state index contributed by atoms with van der Waals surface area (Å²) >= 11 is 0.770. The number of hydrazine groups is 1. The molecule has 1 aromatic rings. The maximum atomic E-state index is 11.9. The van der Waals surface area contributed by atoms with Crippen LogP contribution in [0.15, 0.2) is 24.3 Å². The van der Waals surface area contributed by atoms with E-state index in [9.17, 15) is 14.4 Å². The van der Waals surface area contributed by atoms with Crippen molar-refractivity contribution >= 4 is 34.5 Å². The summed E-state index contributed by atoms with van der Waals surface area (Å²) in [6.07, 6.45) is 0.912. The minimum Gasteiger partial charge on any atom is -0.327 e. The Bertz CT molecular complexity index is 563. The predicted octanol–water partition coefficient (Wildman–Crippen LogP) is 1.40. The quantitative estimate of drug-likeness (QED) is 0.586. The number of hydrogen-bond donors (Lipinski definition) is 4. The first-order chi connectivity index (χ1) is 10.9. The van der Waals surface area contributed by atoms with Crippen LogP contribution >= 0.6 is 11.8 Å². The number of thioether (sulfide) groups is 1. The molecule has 0 heterocycles. The first kappa shape index (κ1) is 19.0. The van der Waals surface area contributed by atoms with Gasteiger partial charge < -0.3 is 11.1 Å².